The van der Waals surface area contributed by atoms with Crippen molar-refractivity contribution in [3.63, 3.8) is 0 Å². The molecule has 11 heteroatoms. The monoisotopic (exact) mass is 637 g/mol. The van der Waals surface area contributed by atoms with E-state index in [4.69, 9.17) is 19.7 Å². The molecule has 3 aromatic rings. The van der Waals surface area contributed by atoms with Gasteiger partial charge in [0.15, 0.2) is 17.2 Å². The lowest BCUT2D eigenvalue weighted by molar-refractivity contribution is 0.0685. The molecule has 1 aliphatic carbocycles. The molecule has 2 aromatic heterocycles. The summed E-state index contributed by atoms with van der Waals surface area (Å²) in [7, 11) is 0. The van der Waals surface area contributed by atoms with E-state index in [0.29, 0.717) is 41.1 Å². The number of Topliss-reactive ketones (excluding diaryl/α,β-unsaturated/α-hetero) is 1. The zero-order valence-corrected chi connectivity index (χ0v) is 25.8. The van der Waals surface area contributed by atoms with Gasteiger partial charge in [0, 0.05) is 54.0 Å². The van der Waals surface area contributed by atoms with Gasteiger partial charge in [-0.15, -0.1) is 17.0 Å². The van der Waals surface area contributed by atoms with Gasteiger partial charge in [0.25, 0.3) is 0 Å². The second kappa shape index (κ2) is 11.5. The van der Waals surface area contributed by atoms with Crippen LogP contribution in [0.4, 0.5) is 5.69 Å². The molecule has 1 aromatic carbocycles. The van der Waals surface area contributed by atoms with Gasteiger partial charge in [0.05, 0.1) is 12.2 Å². The third-order valence-electron chi connectivity index (χ3n) is 8.02. The SMILES string of the molecule is Br.CC(C)(C)c1cc(C(=O)CN2Cc3ccc(C4CC4)nc3C2=N)cc(N2CCCC2)c1OCc1cc(C(=O)O)no1. The fourth-order valence-electron chi connectivity index (χ4n) is 5.58. The molecule has 4 heterocycles. The number of pyridine rings is 1. The van der Waals surface area contributed by atoms with Crippen LogP contribution in [0.2, 0.25) is 0 Å². The second-order valence-corrected chi connectivity index (χ2v) is 12.2. The Morgan fingerprint density at radius 3 is 2.52 bits per heavy atom. The quantitative estimate of drug-likeness (QED) is 0.282. The molecule has 222 valence electrons. The Balaban J connectivity index is 0.00000353. The largest absolute Gasteiger partial charge is 0.483 e. The van der Waals surface area contributed by atoms with Crippen molar-refractivity contribution in [2.75, 3.05) is 24.5 Å². The Kier molecular flexibility index (Phi) is 8.15. The molecule has 10 nitrogen and oxygen atoms in total. The predicted octanol–water partition coefficient (Wildman–Crippen LogP) is 5.72. The molecule has 0 amide bonds. The highest BCUT2D eigenvalue weighted by Crippen LogP contribution is 2.42. The molecule has 3 aliphatic rings. The van der Waals surface area contributed by atoms with E-state index in [1.165, 1.54) is 6.07 Å². The number of hydrogen-bond donors (Lipinski definition) is 2. The lowest BCUT2D eigenvalue weighted by atomic mass is 9.84. The summed E-state index contributed by atoms with van der Waals surface area (Å²) >= 11 is 0. The number of aromatic nitrogens is 2. The summed E-state index contributed by atoms with van der Waals surface area (Å²) in [6.45, 7) is 8.52. The topological polar surface area (TPSA) is 133 Å². The Labute approximate surface area is 255 Å². The summed E-state index contributed by atoms with van der Waals surface area (Å²) in [6, 6.07) is 9.28. The van der Waals surface area contributed by atoms with Gasteiger partial charge in [-0.2, -0.15) is 0 Å². The highest BCUT2D eigenvalue weighted by molar-refractivity contribution is 8.93. The number of benzene rings is 1. The Bertz CT molecular complexity index is 1530. The zero-order chi connectivity index (χ0) is 28.9. The number of anilines is 1. The van der Waals surface area contributed by atoms with Crippen molar-refractivity contribution in [2.45, 2.75) is 70.9 Å². The van der Waals surface area contributed by atoms with Crippen molar-refractivity contribution in [1.29, 1.82) is 5.41 Å². The van der Waals surface area contributed by atoms with Crippen LogP contribution in [0.25, 0.3) is 0 Å². The number of nitrogens with one attached hydrogen (secondary N) is 1. The van der Waals surface area contributed by atoms with E-state index in [1.54, 1.807) is 4.90 Å². The maximum absolute atomic E-state index is 13.8. The van der Waals surface area contributed by atoms with Crippen molar-refractivity contribution >= 4 is 40.3 Å². The van der Waals surface area contributed by atoms with Crippen LogP contribution in [0, 0.1) is 5.41 Å². The summed E-state index contributed by atoms with van der Waals surface area (Å²) in [5.41, 5.74) is 4.49. The van der Waals surface area contributed by atoms with E-state index in [1.807, 2.05) is 12.1 Å². The highest BCUT2D eigenvalue weighted by Gasteiger charge is 2.33. The number of halogens is 1. The number of carbonyl (C=O) groups excluding carboxylic acids is 1. The van der Waals surface area contributed by atoms with Gasteiger partial charge in [0.2, 0.25) is 0 Å². The first-order chi connectivity index (χ1) is 19.6. The number of carbonyl (C=O) groups is 2. The summed E-state index contributed by atoms with van der Waals surface area (Å²) < 4.78 is 11.5. The van der Waals surface area contributed by atoms with Crippen molar-refractivity contribution in [3.8, 4) is 5.75 Å². The number of carboxylic acids is 1. The van der Waals surface area contributed by atoms with Crippen LogP contribution in [0.15, 0.2) is 34.9 Å². The zero-order valence-electron chi connectivity index (χ0n) is 24.1. The number of hydrogen-bond acceptors (Lipinski definition) is 8. The van der Waals surface area contributed by atoms with Crippen molar-refractivity contribution in [2.24, 2.45) is 0 Å². The van der Waals surface area contributed by atoms with Gasteiger partial charge in [0.1, 0.15) is 23.9 Å². The summed E-state index contributed by atoms with van der Waals surface area (Å²) in [5, 5.41) is 21.5. The molecule has 2 N–H and O–H groups in total. The third-order valence-corrected chi connectivity index (χ3v) is 8.02. The number of rotatable bonds is 9. The minimum atomic E-state index is -1.16. The van der Waals surface area contributed by atoms with Crippen LogP contribution >= 0.6 is 17.0 Å². The molecule has 42 heavy (non-hydrogen) atoms. The smallest absolute Gasteiger partial charge is 0.358 e. The molecule has 1 saturated carbocycles. The number of nitrogens with zero attached hydrogens (tertiary/aromatic N) is 4. The number of fused-ring (bicyclic) bond motifs is 1. The van der Waals surface area contributed by atoms with E-state index in [0.717, 1.165) is 61.3 Å². The van der Waals surface area contributed by atoms with E-state index in [9.17, 15) is 14.7 Å². The molecule has 0 spiro atoms. The fourth-order valence-corrected chi connectivity index (χ4v) is 5.58. The number of aromatic carboxylic acids is 1. The van der Waals surface area contributed by atoms with Gasteiger partial charge in [-0.05, 0) is 49.3 Å². The molecule has 0 bridgehead atoms. The standard InChI is InChI=1S/C31H35N5O5.BrH/c1-31(2,3)22-12-20(26(37)16-36-15-19-8-9-23(18-6-7-18)33-27(19)29(36)32)13-25(35-10-4-5-11-35)28(22)40-17-21-14-24(30(38)39)34-41-21;/h8-9,12-14,18,32H,4-7,10-11,15-17H2,1-3H3,(H,38,39);1H. The number of amidine groups is 1. The first-order valence-corrected chi connectivity index (χ1v) is 14.2. The third kappa shape index (κ3) is 5.92. The van der Waals surface area contributed by atoms with Crippen LogP contribution in [0.1, 0.15) is 101 Å². The Hall–Kier alpha value is -3.73. The fraction of sp³-hybridized carbons (Fsp3) is 0.452. The van der Waals surface area contributed by atoms with Crippen molar-refractivity contribution < 1.29 is 24.0 Å². The molecule has 0 atom stereocenters. The Morgan fingerprint density at radius 1 is 1.14 bits per heavy atom. The second-order valence-electron chi connectivity index (χ2n) is 12.2. The normalized spacial score (nSPS) is 16.4. The maximum atomic E-state index is 13.8. The number of carboxylic acid groups (broad SMARTS) is 1. The average molecular weight is 639 g/mol. The van der Waals surface area contributed by atoms with Gasteiger partial charge in [-0.25, -0.2) is 9.78 Å². The lowest BCUT2D eigenvalue weighted by Gasteiger charge is -2.29. The number of ether oxygens (including phenoxy) is 1. The maximum Gasteiger partial charge on any atom is 0.358 e. The van der Waals surface area contributed by atoms with Gasteiger partial charge >= 0.3 is 5.97 Å². The summed E-state index contributed by atoms with van der Waals surface area (Å²) in [5.74, 6) is 0.544. The van der Waals surface area contributed by atoms with Crippen LogP contribution in [0.5, 0.6) is 5.75 Å². The van der Waals surface area contributed by atoms with Gasteiger partial charge in [-0.1, -0.05) is 32.0 Å². The minimum Gasteiger partial charge on any atom is -0.483 e. The van der Waals surface area contributed by atoms with Crippen molar-refractivity contribution in [3.05, 3.63) is 69.9 Å². The molecule has 2 aliphatic heterocycles. The number of ketones is 1. The van der Waals surface area contributed by atoms with Crippen LogP contribution in [-0.4, -0.2) is 57.4 Å². The molecule has 1 saturated heterocycles. The highest BCUT2D eigenvalue weighted by atomic mass is 79.9. The van der Waals surface area contributed by atoms with Crippen LogP contribution < -0.4 is 9.64 Å². The van der Waals surface area contributed by atoms with E-state index < -0.39 is 5.97 Å². The van der Waals surface area contributed by atoms with Gasteiger partial charge < -0.3 is 24.2 Å². The first-order valence-electron chi connectivity index (χ1n) is 14.2. The Morgan fingerprint density at radius 2 is 1.88 bits per heavy atom. The summed E-state index contributed by atoms with van der Waals surface area (Å²) in [4.78, 5) is 33.8. The first kappa shape index (κ1) is 29.8. The molecule has 0 unspecified atom stereocenters. The van der Waals surface area contributed by atoms with E-state index in [-0.39, 0.29) is 47.0 Å². The average Bonchev–Trinajstić information content (AvgIpc) is 3.31. The van der Waals surface area contributed by atoms with Crippen molar-refractivity contribution in [1.82, 2.24) is 15.0 Å². The van der Waals surface area contributed by atoms with E-state index >= 15 is 0 Å². The van der Waals surface area contributed by atoms with Crippen LogP contribution in [-0.2, 0) is 18.6 Å². The predicted molar refractivity (Wildman–Crippen MR) is 162 cm³/mol. The lowest BCUT2D eigenvalue weighted by Crippen LogP contribution is -2.31. The molecule has 2 fully saturated rings. The molecular weight excluding hydrogens is 602 g/mol. The molecule has 0 radical (unpaired) electrons. The minimum absolute atomic E-state index is 0. The van der Waals surface area contributed by atoms with Gasteiger partial charge in [-0.3, -0.25) is 10.2 Å². The molecule has 6 rings (SSSR count). The van der Waals surface area contributed by atoms with Crippen LogP contribution in [0.3, 0.4) is 0 Å². The summed E-state index contributed by atoms with van der Waals surface area (Å²) in [6.07, 6.45) is 4.40. The molecular formula is C31H36BrN5O5. The van der Waals surface area contributed by atoms with E-state index in [2.05, 4.69) is 43.0 Å².